The Hall–Kier alpha value is -2.41. The molecular weight excluding hydrogens is 414 g/mol. The first-order chi connectivity index (χ1) is 14.7. The fraction of sp³-hybridized carbons (Fsp3) is 0.250. The molecule has 0 aliphatic carbocycles. The Labute approximate surface area is 185 Å². The number of carbonyl (C=O) groups is 1. The van der Waals surface area contributed by atoms with E-state index in [2.05, 4.69) is 6.08 Å². The van der Waals surface area contributed by atoms with Crippen LogP contribution in [0.25, 0.3) is 6.08 Å². The number of nitrogens with zero attached hydrogens (tertiary/aromatic N) is 1. The Bertz CT molecular complexity index is 1040. The number of hydrogen-bond acceptors (Lipinski definition) is 5. The highest BCUT2D eigenvalue weighted by molar-refractivity contribution is 8.26. The van der Waals surface area contributed by atoms with Gasteiger partial charge in [0.1, 0.15) is 16.2 Å². The van der Waals surface area contributed by atoms with Gasteiger partial charge in [-0.2, -0.15) is 0 Å². The summed E-state index contributed by atoms with van der Waals surface area (Å²) >= 11 is 6.86. The van der Waals surface area contributed by atoms with Gasteiger partial charge in [-0.25, -0.2) is 0 Å². The highest BCUT2D eigenvalue weighted by Gasteiger charge is 2.35. The first-order valence-electron chi connectivity index (χ1n) is 10.1. The first kappa shape index (κ1) is 19.5. The quantitative estimate of drug-likeness (QED) is 0.492. The van der Waals surface area contributed by atoms with E-state index in [-0.39, 0.29) is 18.1 Å². The van der Waals surface area contributed by atoms with Crippen molar-refractivity contribution in [2.24, 2.45) is 0 Å². The number of rotatable bonds is 4. The van der Waals surface area contributed by atoms with E-state index in [1.165, 1.54) is 11.8 Å². The zero-order valence-electron chi connectivity index (χ0n) is 16.3. The van der Waals surface area contributed by atoms with Gasteiger partial charge in [-0.15, -0.1) is 0 Å². The van der Waals surface area contributed by atoms with Crippen molar-refractivity contribution in [1.29, 1.82) is 0 Å². The van der Waals surface area contributed by atoms with Crippen LogP contribution in [0.15, 0.2) is 71.2 Å². The molecule has 3 aliphatic rings. The molecule has 2 aromatic rings. The standard InChI is InChI=1S/C24H21NO3S2/c26-23-21(30-24(29)25(23)15-19-10-6-12-27-19)14-18-13-17-9-4-5-11-20(17)28-22(18)16-7-2-1-3-8-16/h1-5,7-9,11,13-14,19,22H,6,10,12,15H2/b21-14-/t19-,22-/m1/s1. The highest BCUT2D eigenvalue weighted by atomic mass is 32.2. The summed E-state index contributed by atoms with van der Waals surface area (Å²) in [6.45, 7) is 1.29. The van der Waals surface area contributed by atoms with Gasteiger partial charge in [0.2, 0.25) is 0 Å². The summed E-state index contributed by atoms with van der Waals surface area (Å²) in [6, 6.07) is 18.0. The minimum atomic E-state index is -0.275. The smallest absolute Gasteiger partial charge is 0.266 e. The third-order valence-electron chi connectivity index (χ3n) is 5.47. The summed E-state index contributed by atoms with van der Waals surface area (Å²) in [5.41, 5.74) is 2.99. The van der Waals surface area contributed by atoms with Gasteiger partial charge in [-0.1, -0.05) is 72.5 Å². The van der Waals surface area contributed by atoms with Crippen molar-refractivity contribution in [3.05, 3.63) is 82.3 Å². The second kappa shape index (κ2) is 8.38. The van der Waals surface area contributed by atoms with E-state index in [0.717, 1.165) is 41.9 Å². The molecule has 0 bridgehead atoms. The maximum absolute atomic E-state index is 13.1. The van der Waals surface area contributed by atoms with E-state index >= 15 is 0 Å². The number of hydrogen-bond donors (Lipinski definition) is 0. The molecule has 0 aromatic heterocycles. The zero-order chi connectivity index (χ0) is 20.5. The van der Waals surface area contributed by atoms with E-state index in [1.807, 2.05) is 60.7 Å². The molecule has 152 valence electrons. The monoisotopic (exact) mass is 435 g/mol. The molecule has 4 nitrogen and oxygen atoms in total. The van der Waals surface area contributed by atoms with Gasteiger partial charge in [0.25, 0.3) is 5.91 Å². The van der Waals surface area contributed by atoms with Crippen molar-refractivity contribution in [2.75, 3.05) is 13.2 Å². The summed E-state index contributed by atoms with van der Waals surface area (Å²) < 4.78 is 12.6. The van der Waals surface area contributed by atoms with Crippen molar-refractivity contribution >= 4 is 40.3 Å². The summed E-state index contributed by atoms with van der Waals surface area (Å²) in [6.07, 6.45) is 5.85. The number of carbonyl (C=O) groups excluding carboxylic acids is 1. The number of ether oxygens (including phenoxy) is 2. The lowest BCUT2D eigenvalue weighted by atomic mass is 9.95. The lowest BCUT2D eigenvalue weighted by Gasteiger charge is -2.26. The molecule has 0 radical (unpaired) electrons. The molecule has 2 atom stereocenters. The number of thioether (sulfide) groups is 1. The van der Waals surface area contributed by atoms with Crippen LogP contribution in [0, 0.1) is 0 Å². The Morgan fingerprint density at radius 1 is 1.13 bits per heavy atom. The highest BCUT2D eigenvalue weighted by Crippen LogP contribution is 2.41. The predicted molar refractivity (Wildman–Crippen MR) is 123 cm³/mol. The Morgan fingerprint density at radius 2 is 1.93 bits per heavy atom. The molecule has 0 saturated carbocycles. The summed E-state index contributed by atoms with van der Waals surface area (Å²) in [4.78, 5) is 15.4. The number of para-hydroxylation sites is 1. The van der Waals surface area contributed by atoms with Gasteiger partial charge in [-0.05, 0) is 42.2 Å². The summed E-state index contributed by atoms with van der Waals surface area (Å²) in [5, 5.41) is 0. The first-order valence-corrected chi connectivity index (χ1v) is 11.3. The van der Waals surface area contributed by atoms with Crippen LogP contribution in [-0.4, -0.2) is 34.4 Å². The van der Waals surface area contributed by atoms with Gasteiger partial charge >= 0.3 is 0 Å². The van der Waals surface area contributed by atoms with Gasteiger partial charge in [-0.3, -0.25) is 9.69 Å². The third-order valence-corrected chi connectivity index (χ3v) is 6.85. The zero-order valence-corrected chi connectivity index (χ0v) is 18.0. The van der Waals surface area contributed by atoms with Crippen LogP contribution in [0.3, 0.4) is 0 Å². The van der Waals surface area contributed by atoms with Crippen molar-refractivity contribution in [3.8, 4) is 5.75 Å². The van der Waals surface area contributed by atoms with E-state index in [1.54, 1.807) is 4.90 Å². The Balaban J connectivity index is 1.47. The molecule has 3 aliphatic heterocycles. The minimum Gasteiger partial charge on any atom is -0.480 e. The van der Waals surface area contributed by atoms with Crippen LogP contribution in [0.5, 0.6) is 5.75 Å². The molecular formula is C24H21NO3S2. The second-order valence-electron chi connectivity index (χ2n) is 7.52. The molecule has 0 unspecified atom stereocenters. The van der Waals surface area contributed by atoms with Gasteiger partial charge in [0.15, 0.2) is 0 Å². The van der Waals surface area contributed by atoms with Gasteiger partial charge < -0.3 is 9.47 Å². The number of fused-ring (bicyclic) bond motifs is 1. The van der Waals surface area contributed by atoms with E-state index in [9.17, 15) is 4.79 Å². The van der Waals surface area contributed by atoms with E-state index in [0.29, 0.717) is 15.8 Å². The Kier molecular flexibility index (Phi) is 5.46. The largest absolute Gasteiger partial charge is 0.480 e. The molecule has 5 rings (SSSR count). The predicted octanol–water partition coefficient (Wildman–Crippen LogP) is 5.13. The van der Waals surface area contributed by atoms with Crippen LogP contribution in [0.2, 0.25) is 0 Å². The van der Waals surface area contributed by atoms with Crippen LogP contribution < -0.4 is 4.74 Å². The molecule has 2 aromatic carbocycles. The molecule has 3 heterocycles. The fourth-order valence-corrected chi connectivity index (χ4v) is 5.24. The molecule has 30 heavy (non-hydrogen) atoms. The third kappa shape index (κ3) is 3.83. The number of benzene rings is 2. The average molecular weight is 436 g/mol. The topological polar surface area (TPSA) is 38.8 Å². The van der Waals surface area contributed by atoms with Crippen molar-refractivity contribution < 1.29 is 14.3 Å². The van der Waals surface area contributed by atoms with Crippen molar-refractivity contribution in [2.45, 2.75) is 25.0 Å². The molecule has 2 saturated heterocycles. The van der Waals surface area contributed by atoms with Crippen LogP contribution in [0.4, 0.5) is 0 Å². The average Bonchev–Trinajstić information content (AvgIpc) is 3.38. The van der Waals surface area contributed by atoms with Gasteiger partial charge in [0, 0.05) is 12.2 Å². The normalized spacial score (nSPS) is 24.7. The van der Waals surface area contributed by atoms with Crippen molar-refractivity contribution in [3.63, 3.8) is 0 Å². The van der Waals surface area contributed by atoms with Crippen LogP contribution >= 0.6 is 24.0 Å². The van der Waals surface area contributed by atoms with E-state index < -0.39 is 0 Å². The van der Waals surface area contributed by atoms with Crippen LogP contribution in [0.1, 0.15) is 30.1 Å². The van der Waals surface area contributed by atoms with E-state index in [4.69, 9.17) is 21.7 Å². The van der Waals surface area contributed by atoms with Gasteiger partial charge in [0.05, 0.1) is 17.6 Å². The molecule has 0 spiro atoms. The number of thiocarbonyl (C=S) groups is 1. The van der Waals surface area contributed by atoms with Crippen LogP contribution in [-0.2, 0) is 9.53 Å². The maximum atomic E-state index is 13.1. The Morgan fingerprint density at radius 3 is 2.73 bits per heavy atom. The lowest BCUT2D eigenvalue weighted by molar-refractivity contribution is -0.123. The maximum Gasteiger partial charge on any atom is 0.266 e. The summed E-state index contributed by atoms with van der Waals surface area (Å²) in [7, 11) is 0. The molecule has 1 amide bonds. The fourth-order valence-electron chi connectivity index (χ4n) is 3.96. The second-order valence-corrected chi connectivity index (χ2v) is 9.19. The van der Waals surface area contributed by atoms with Crippen molar-refractivity contribution in [1.82, 2.24) is 4.90 Å². The summed E-state index contributed by atoms with van der Waals surface area (Å²) in [5.74, 6) is 0.793. The SMILES string of the molecule is O=C1/C(=C/C2=Cc3ccccc3O[C@@H]2c2ccccc2)SC(=S)N1C[C@H]1CCCO1. The molecule has 6 heteroatoms. The number of amides is 1. The lowest BCUT2D eigenvalue weighted by Crippen LogP contribution is -2.35. The molecule has 2 fully saturated rings. The minimum absolute atomic E-state index is 0.0490. The molecule has 0 N–H and O–H groups in total.